The molecule has 0 spiro atoms. The molecular weight excluding hydrogens is 190 g/mol. The molecule has 0 unspecified atom stereocenters. The van der Waals surface area contributed by atoms with Crippen LogP contribution in [0, 0.1) is 0 Å². The smallest absolute Gasteiger partial charge is 0.180 e. The van der Waals surface area contributed by atoms with Gasteiger partial charge in [0.05, 0.1) is 5.69 Å². The number of hydrogen-bond donors (Lipinski definition) is 0. The van der Waals surface area contributed by atoms with Crippen molar-refractivity contribution in [3.8, 4) is 11.3 Å². The van der Waals surface area contributed by atoms with Gasteiger partial charge in [-0.05, 0) is 18.2 Å². The van der Waals surface area contributed by atoms with Gasteiger partial charge in [-0.15, -0.1) is 0 Å². The lowest BCUT2D eigenvalue weighted by molar-refractivity contribution is 1.03. The van der Waals surface area contributed by atoms with Crippen LogP contribution in [0.2, 0.25) is 0 Å². The molecule has 3 rings (SSSR count). The summed E-state index contributed by atoms with van der Waals surface area (Å²) in [5.74, 6) is 0. The molecule has 72 valence electrons. The minimum Gasteiger partial charge on any atom is -0.291 e. The average molecular weight is 197 g/mol. The van der Waals surface area contributed by atoms with Crippen molar-refractivity contribution in [2.24, 2.45) is 0 Å². The zero-order valence-corrected chi connectivity index (χ0v) is 7.79. The molecule has 4 heteroatoms. The Morgan fingerprint density at radius 1 is 1.20 bits per heavy atom. The first-order valence-electron chi connectivity index (χ1n) is 4.56. The van der Waals surface area contributed by atoms with E-state index in [2.05, 4.69) is 9.97 Å². The van der Waals surface area contributed by atoms with Crippen molar-refractivity contribution in [1.29, 1.82) is 0 Å². The standard InChI is InChI=1S/C11H7N3O/c15-9-2-1-8-6-14-7-12-4-3-11(14)13-10(8)5-9/h1-7H. The van der Waals surface area contributed by atoms with Crippen LogP contribution in [0.5, 0.6) is 0 Å². The zero-order valence-electron chi connectivity index (χ0n) is 7.79. The number of hydrogen-bond acceptors (Lipinski definition) is 3. The summed E-state index contributed by atoms with van der Waals surface area (Å²) in [5.41, 5.74) is 2.41. The third-order valence-electron chi connectivity index (χ3n) is 2.28. The highest BCUT2D eigenvalue weighted by Crippen LogP contribution is 2.16. The van der Waals surface area contributed by atoms with Crippen molar-refractivity contribution in [2.75, 3.05) is 0 Å². The van der Waals surface area contributed by atoms with Crippen LogP contribution in [0.1, 0.15) is 0 Å². The molecule has 0 atom stereocenters. The minimum absolute atomic E-state index is 0.0200. The van der Waals surface area contributed by atoms with Gasteiger partial charge < -0.3 is 0 Å². The fourth-order valence-electron chi connectivity index (χ4n) is 1.56. The summed E-state index contributed by atoms with van der Waals surface area (Å²) < 4.78 is 1.83. The highest BCUT2D eigenvalue weighted by atomic mass is 16.1. The molecule has 2 heterocycles. The van der Waals surface area contributed by atoms with E-state index in [4.69, 9.17) is 0 Å². The van der Waals surface area contributed by atoms with Crippen LogP contribution in [0.3, 0.4) is 0 Å². The van der Waals surface area contributed by atoms with Gasteiger partial charge in [-0.3, -0.25) is 9.20 Å². The second kappa shape index (κ2) is 2.88. The normalized spacial score (nSPS) is 10.9. The van der Waals surface area contributed by atoms with Gasteiger partial charge in [-0.1, -0.05) is 0 Å². The summed E-state index contributed by atoms with van der Waals surface area (Å²) in [6, 6.07) is 6.64. The highest BCUT2D eigenvalue weighted by Gasteiger charge is 2.04. The van der Waals surface area contributed by atoms with E-state index in [0.29, 0.717) is 5.69 Å². The lowest BCUT2D eigenvalue weighted by Gasteiger charge is -2.06. The van der Waals surface area contributed by atoms with E-state index in [1.165, 1.54) is 12.1 Å². The molecule has 15 heavy (non-hydrogen) atoms. The SMILES string of the molecule is O=c1ccc2cn3cnccc3nc-2c1. The monoisotopic (exact) mass is 197 g/mol. The first-order valence-corrected chi connectivity index (χ1v) is 4.56. The summed E-state index contributed by atoms with van der Waals surface area (Å²) in [5, 5.41) is 0. The van der Waals surface area contributed by atoms with E-state index in [1.54, 1.807) is 24.7 Å². The molecule has 0 N–H and O–H groups in total. The van der Waals surface area contributed by atoms with Crippen molar-refractivity contribution in [1.82, 2.24) is 14.4 Å². The van der Waals surface area contributed by atoms with Gasteiger partial charge in [0.15, 0.2) is 5.43 Å². The minimum atomic E-state index is -0.0200. The third-order valence-corrected chi connectivity index (χ3v) is 2.28. The Bertz CT molecular complexity index is 659. The summed E-state index contributed by atoms with van der Waals surface area (Å²) in [6.07, 6.45) is 5.27. The molecule has 0 radical (unpaired) electrons. The summed E-state index contributed by atoms with van der Waals surface area (Å²) in [4.78, 5) is 19.5. The van der Waals surface area contributed by atoms with E-state index >= 15 is 0 Å². The van der Waals surface area contributed by atoms with Crippen molar-refractivity contribution >= 4 is 5.65 Å². The highest BCUT2D eigenvalue weighted by molar-refractivity contribution is 5.62. The van der Waals surface area contributed by atoms with Gasteiger partial charge in [0, 0.05) is 24.0 Å². The summed E-state index contributed by atoms with van der Waals surface area (Å²) >= 11 is 0. The lowest BCUT2D eigenvalue weighted by Crippen LogP contribution is -2.02. The van der Waals surface area contributed by atoms with Crippen molar-refractivity contribution in [3.05, 3.63) is 53.2 Å². The van der Waals surface area contributed by atoms with Crippen molar-refractivity contribution < 1.29 is 0 Å². The van der Waals surface area contributed by atoms with Crippen molar-refractivity contribution in [3.63, 3.8) is 0 Å². The maximum atomic E-state index is 11.2. The second-order valence-electron chi connectivity index (χ2n) is 3.31. The Morgan fingerprint density at radius 3 is 3.07 bits per heavy atom. The molecule has 2 aliphatic rings. The lowest BCUT2D eigenvalue weighted by atomic mass is 10.1. The molecule has 0 saturated heterocycles. The molecular formula is C11H7N3O. The van der Waals surface area contributed by atoms with Crippen LogP contribution in [0.4, 0.5) is 0 Å². The molecule has 0 saturated carbocycles. The zero-order chi connectivity index (χ0) is 10.3. The molecule has 0 aromatic carbocycles. The number of rotatable bonds is 0. The van der Waals surface area contributed by atoms with Crippen LogP contribution in [0.15, 0.2) is 47.8 Å². The second-order valence-corrected chi connectivity index (χ2v) is 3.31. The van der Waals surface area contributed by atoms with Crippen molar-refractivity contribution in [2.45, 2.75) is 0 Å². The maximum absolute atomic E-state index is 11.2. The van der Waals surface area contributed by atoms with Crippen LogP contribution < -0.4 is 5.43 Å². The Kier molecular flexibility index (Phi) is 1.56. The third kappa shape index (κ3) is 1.27. The van der Waals surface area contributed by atoms with Crippen LogP contribution in [-0.2, 0) is 0 Å². The Balaban J connectivity index is 2.49. The average Bonchev–Trinajstić information content (AvgIpc) is 2.26. The Morgan fingerprint density at radius 2 is 2.13 bits per heavy atom. The summed E-state index contributed by atoms with van der Waals surface area (Å²) in [6.45, 7) is 0. The van der Waals surface area contributed by atoms with E-state index in [1.807, 2.05) is 10.6 Å². The molecule has 0 fully saturated rings. The molecule has 1 aliphatic carbocycles. The number of aromatic nitrogens is 3. The van der Waals surface area contributed by atoms with E-state index in [-0.39, 0.29) is 5.43 Å². The first kappa shape index (κ1) is 8.11. The number of benzene rings is 1. The largest absolute Gasteiger partial charge is 0.291 e. The van der Waals surface area contributed by atoms with Gasteiger partial charge in [-0.25, -0.2) is 9.97 Å². The molecule has 4 nitrogen and oxygen atoms in total. The number of fused-ring (bicyclic) bond motifs is 2. The summed E-state index contributed by atoms with van der Waals surface area (Å²) in [7, 11) is 0. The Hall–Kier alpha value is -2.23. The van der Waals surface area contributed by atoms with Gasteiger partial charge >= 0.3 is 0 Å². The van der Waals surface area contributed by atoms with E-state index < -0.39 is 0 Å². The first-order chi connectivity index (χ1) is 7.33. The van der Waals surface area contributed by atoms with E-state index in [0.717, 1.165) is 11.2 Å². The van der Waals surface area contributed by atoms with Gasteiger partial charge in [-0.2, -0.15) is 0 Å². The molecule has 1 aromatic heterocycles. The molecule has 0 amide bonds. The molecule has 1 aliphatic heterocycles. The van der Waals surface area contributed by atoms with Crippen LogP contribution in [0.25, 0.3) is 16.9 Å². The quantitative estimate of drug-likeness (QED) is 0.508. The Labute approximate surface area is 85.2 Å². The van der Waals surface area contributed by atoms with Gasteiger partial charge in [0.25, 0.3) is 0 Å². The fraction of sp³-hybridized carbons (Fsp3) is 0. The molecule has 0 bridgehead atoms. The molecule has 1 aromatic rings. The van der Waals surface area contributed by atoms with Gasteiger partial charge in [0.2, 0.25) is 0 Å². The van der Waals surface area contributed by atoms with E-state index in [9.17, 15) is 4.79 Å². The van der Waals surface area contributed by atoms with Crippen LogP contribution >= 0.6 is 0 Å². The van der Waals surface area contributed by atoms with Gasteiger partial charge in [0.1, 0.15) is 12.0 Å². The number of nitrogens with zero attached hydrogens (tertiary/aromatic N) is 3. The topological polar surface area (TPSA) is 47.3 Å². The maximum Gasteiger partial charge on any atom is 0.180 e. The fourth-order valence-corrected chi connectivity index (χ4v) is 1.56. The predicted molar refractivity (Wildman–Crippen MR) is 55.9 cm³/mol. The predicted octanol–water partition coefficient (Wildman–Crippen LogP) is 1.19. The van der Waals surface area contributed by atoms with Crippen LogP contribution in [-0.4, -0.2) is 14.4 Å².